The van der Waals surface area contributed by atoms with Crippen molar-refractivity contribution in [3.63, 3.8) is 0 Å². The maximum atomic E-state index is 12.5. The number of fused-ring (bicyclic) bond motifs is 1. The Hall–Kier alpha value is -2.37. The Kier molecular flexibility index (Phi) is 1.70. The van der Waals surface area contributed by atoms with E-state index in [9.17, 15) is 14.4 Å². The van der Waals surface area contributed by atoms with Gasteiger partial charge in [-0.15, -0.1) is 0 Å². The Bertz CT molecular complexity index is 756. The van der Waals surface area contributed by atoms with Gasteiger partial charge in [0.25, 0.3) is 5.91 Å². The largest absolute Gasteiger partial charge is 0.398 e. The fraction of sp³-hybridized carbons (Fsp3) is 0.308. The van der Waals surface area contributed by atoms with Crippen LogP contribution in [0.3, 0.4) is 0 Å². The van der Waals surface area contributed by atoms with E-state index >= 15 is 0 Å². The minimum absolute atomic E-state index is 0. The number of nitrogens with two attached hydrogens (primary N) is 1. The number of imide groups is 1. The van der Waals surface area contributed by atoms with Gasteiger partial charge in [0.15, 0.2) is 0 Å². The molecule has 6 nitrogen and oxygen atoms in total. The van der Waals surface area contributed by atoms with E-state index in [0.29, 0.717) is 5.56 Å². The smallest absolute Gasteiger partial charge is 0.255 e. The third-order valence-electron chi connectivity index (χ3n) is 3.07. The lowest BCUT2D eigenvalue weighted by Crippen LogP contribution is -2.52. The van der Waals surface area contributed by atoms with Crippen LogP contribution in [0.2, 0.25) is 0 Å². The molecule has 1 aromatic carbocycles. The number of nitrogens with zero attached hydrogens (tertiary/aromatic N) is 1. The van der Waals surface area contributed by atoms with Crippen molar-refractivity contribution >= 4 is 23.4 Å². The molecule has 2 aliphatic rings. The zero-order chi connectivity index (χ0) is 17.2. The maximum Gasteiger partial charge on any atom is 0.255 e. The number of anilines is 1. The van der Waals surface area contributed by atoms with Crippen LogP contribution in [0.25, 0.3) is 0 Å². The molecule has 0 aromatic heterocycles. The van der Waals surface area contributed by atoms with Crippen molar-refractivity contribution in [1.29, 1.82) is 0 Å². The summed E-state index contributed by atoms with van der Waals surface area (Å²) in [6, 6.07) is 1.82. The minimum Gasteiger partial charge on any atom is -0.398 e. The normalized spacial score (nSPS) is 35.9. The van der Waals surface area contributed by atoms with Crippen LogP contribution in [0.4, 0.5) is 5.69 Å². The molecule has 19 heavy (non-hydrogen) atoms. The number of piperidine rings is 1. The summed E-state index contributed by atoms with van der Waals surface area (Å²) in [7, 11) is 0. The molecule has 3 amide bonds. The lowest BCUT2D eigenvalue weighted by atomic mass is 10.0. The summed E-state index contributed by atoms with van der Waals surface area (Å²) in [5.74, 6) is -3.13. The van der Waals surface area contributed by atoms with Crippen LogP contribution in [0.5, 0.6) is 0 Å². The van der Waals surface area contributed by atoms with Gasteiger partial charge in [-0.2, -0.15) is 0 Å². The molecule has 100 valence electrons. The highest BCUT2D eigenvalue weighted by Crippen LogP contribution is 2.30. The van der Waals surface area contributed by atoms with E-state index in [1.54, 1.807) is 17.4 Å². The quantitative estimate of drug-likeness (QED) is 0.564. The van der Waals surface area contributed by atoms with Crippen LogP contribution in [-0.2, 0) is 16.1 Å². The molecule has 0 spiro atoms. The molecule has 3 N–H and O–H groups in total. The molecule has 2 heterocycles. The first-order valence-electron chi connectivity index (χ1n) is 7.67. The molecule has 0 aliphatic carbocycles. The molecule has 1 fully saturated rings. The lowest BCUT2D eigenvalue weighted by Gasteiger charge is -2.29. The number of carbonyl (C=O) groups excluding carboxylic acids is 3. The monoisotopic (exact) mass is 266 g/mol. The molecule has 1 saturated heterocycles. The van der Waals surface area contributed by atoms with E-state index in [-0.39, 0.29) is 19.2 Å². The molecule has 0 saturated carbocycles. The summed E-state index contributed by atoms with van der Waals surface area (Å²) in [5, 5.41) is 1.80. The summed E-state index contributed by atoms with van der Waals surface area (Å²) < 4.78 is 31.9. The third-order valence-corrected chi connectivity index (χ3v) is 3.07. The van der Waals surface area contributed by atoms with Gasteiger partial charge in [0, 0.05) is 35.3 Å². The van der Waals surface area contributed by atoms with E-state index in [2.05, 4.69) is 0 Å². The topological polar surface area (TPSA) is 92.5 Å². The number of nitrogen functional groups attached to an aromatic ring is 1. The molecule has 2 atom stereocenters. The molecule has 1 aromatic rings. The van der Waals surface area contributed by atoms with E-state index < -0.39 is 36.5 Å². The average molecular weight is 266 g/mol. The molecule has 2 aliphatic heterocycles. The Morgan fingerprint density at radius 1 is 1.47 bits per heavy atom. The van der Waals surface area contributed by atoms with E-state index in [0.717, 1.165) is 4.90 Å². The van der Waals surface area contributed by atoms with Crippen LogP contribution in [0.15, 0.2) is 18.2 Å². The minimum atomic E-state index is -2.88. The van der Waals surface area contributed by atoms with Crippen LogP contribution >= 0.6 is 0 Å². The molecule has 1 unspecified atom stereocenters. The first kappa shape index (κ1) is 7.93. The second-order valence-corrected chi connectivity index (χ2v) is 4.22. The van der Waals surface area contributed by atoms with Gasteiger partial charge < -0.3 is 10.6 Å². The Labute approximate surface area is 116 Å². The Balaban J connectivity index is 0.00000208. The summed E-state index contributed by atoms with van der Waals surface area (Å²) in [4.78, 5) is 37.0. The van der Waals surface area contributed by atoms with Gasteiger partial charge in [-0.25, -0.2) is 0 Å². The zero-order valence-electron chi connectivity index (χ0n) is 13.8. The highest BCUT2D eigenvalue weighted by molar-refractivity contribution is 6.06. The van der Waals surface area contributed by atoms with Crippen LogP contribution in [0, 0.1) is 0 Å². The first-order chi connectivity index (χ1) is 10.6. The molecule has 0 bridgehead atoms. The summed E-state index contributed by atoms with van der Waals surface area (Å²) in [6.07, 6.45) is -4.88. The van der Waals surface area contributed by atoms with Crippen molar-refractivity contribution in [2.45, 2.75) is 25.3 Å². The Morgan fingerprint density at radius 3 is 3.00 bits per heavy atom. The number of carbonyl (C=O) groups is 3. The SMILES string of the molecule is [2HH].[2H]C1C(=O)NC(=O)[C@@]([2H])(N2Cc3c(N)cccc3C2=O)C1([2H])[2H]. The Morgan fingerprint density at radius 2 is 2.26 bits per heavy atom. The van der Waals surface area contributed by atoms with Crippen molar-refractivity contribution in [2.75, 3.05) is 5.73 Å². The molecule has 3 rings (SSSR count). The standard InChI is InChI=1S/C13H13N3O3.H2/c14-9-3-1-2-7-8(9)6-16(13(7)19)10-4-5-11(17)15-12(10)18;/h1-3,10H,4-6,14H2,(H,15,17,18);1H/t10-;/m0./s1/i4D2,5D,10D;1+1/t5?,10-;. The van der Waals surface area contributed by atoms with Gasteiger partial charge >= 0.3 is 0 Å². The van der Waals surface area contributed by atoms with Gasteiger partial charge in [0.2, 0.25) is 11.8 Å². The number of hydrogen-bond acceptors (Lipinski definition) is 4. The van der Waals surface area contributed by atoms with Gasteiger partial charge in [-0.3, -0.25) is 19.7 Å². The third kappa shape index (κ3) is 1.76. The van der Waals surface area contributed by atoms with Crippen molar-refractivity contribution in [3.8, 4) is 0 Å². The highest BCUT2D eigenvalue weighted by atomic mass is 16.2. The van der Waals surface area contributed by atoms with Crippen molar-refractivity contribution in [2.24, 2.45) is 0 Å². The van der Waals surface area contributed by atoms with Crippen LogP contribution in [0.1, 0.15) is 35.6 Å². The second-order valence-electron chi connectivity index (χ2n) is 4.22. The number of rotatable bonds is 1. The van der Waals surface area contributed by atoms with Crippen LogP contribution < -0.4 is 11.1 Å². The van der Waals surface area contributed by atoms with Crippen molar-refractivity contribution in [1.82, 2.24) is 10.2 Å². The summed E-state index contributed by atoms with van der Waals surface area (Å²) >= 11 is 0. The number of benzene rings is 1. The average Bonchev–Trinajstić information content (AvgIpc) is 2.83. The van der Waals surface area contributed by atoms with E-state index in [1.165, 1.54) is 6.07 Å². The van der Waals surface area contributed by atoms with Gasteiger partial charge in [-0.1, -0.05) is 6.07 Å². The fourth-order valence-electron chi connectivity index (χ4n) is 2.14. The number of amides is 3. The number of hydrogen-bond donors (Lipinski definition) is 2. The van der Waals surface area contributed by atoms with E-state index in [1.807, 2.05) is 0 Å². The van der Waals surface area contributed by atoms with Crippen molar-refractivity contribution < 1.29 is 21.3 Å². The molecular weight excluding hydrogens is 246 g/mol. The van der Waals surface area contributed by atoms with Gasteiger partial charge in [-0.05, 0) is 18.5 Å². The summed E-state index contributed by atoms with van der Waals surface area (Å²) in [6.45, 7) is -0.238. The molecule has 6 heteroatoms. The fourth-order valence-corrected chi connectivity index (χ4v) is 2.14. The van der Waals surface area contributed by atoms with Crippen molar-refractivity contribution in [3.05, 3.63) is 29.3 Å². The maximum absolute atomic E-state index is 12.5. The number of nitrogens with one attached hydrogen (secondary N) is 1. The first-order valence-corrected chi connectivity index (χ1v) is 5.59. The predicted molar refractivity (Wildman–Crippen MR) is 69.0 cm³/mol. The van der Waals surface area contributed by atoms with Crippen LogP contribution in [-0.4, -0.2) is 28.6 Å². The lowest BCUT2D eigenvalue weighted by molar-refractivity contribution is -0.136. The van der Waals surface area contributed by atoms with Gasteiger partial charge in [0.05, 0.1) is 1.37 Å². The van der Waals surface area contributed by atoms with E-state index in [4.69, 9.17) is 11.2 Å². The van der Waals surface area contributed by atoms with Gasteiger partial charge in [0.1, 0.15) is 6.02 Å². The second kappa shape index (κ2) is 4.08. The predicted octanol–water partition coefficient (Wildman–Crippen LogP) is 0.276. The molecular formula is C13H15N3O3. The molecule has 0 radical (unpaired) electrons. The highest BCUT2D eigenvalue weighted by Gasteiger charge is 2.39. The zero-order valence-corrected chi connectivity index (χ0v) is 9.77. The summed E-state index contributed by atoms with van der Waals surface area (Å²) in [5.41, 5.74) is 6.66.